The van der Waals surface area contributed by atoms with E-state index in [1.165, 1.54) is 0 Å². The van der Waals surface area contributed by atoms with Crippen LogP contribution >= 0.6 is 0 Å². The third-order valence-corrected chi connectivity index (χ3v) is 2.82. The topological polar surface area (TPSA) is 95.1 Å². The molecular weight excluding hydrogens is 258 g/mol. The molecule has 114 valence electrons. The van der Waals surface area contributed by atoms with Gasteiger partial charge in [0, 0.05) is 44.6 Å². The number of hydrogen-bond donors (Lipinski definition) is 2. The summed E-state index contributed by atoms with van der Waals surface area (Å²) in [6, 6.07) is 0. The van der Waals surface area contributed by atoms with Crippen LogP contribution in [-0.4, -0.2) is 47.7 Å². The molecule has 0 saturated heterocycles. The number of amides is 1. The Kier molecular flexibility index (Phi) is 6.60. The lowest BCUT2D eigenvalue weighted by atomic mass is 9.95. The van der Waals surface area contributed by atoms with Crippen LogP contribution in [0.4, 0.5) is 0 Å². The van der Waals surface area contributed by atoms with Crippen LogP contribution < -0.4 is 11.1 Å². The van der Waals surface area contributed by atoms with E-state index in [1.807, 2.05) is 6.20 Å². The number of nitrogens with one attached hydrogen (secondary N) is 1. The molecule has 0 saturated carbocycles. The predicted molar refractivity (Wildman–Crippen MR) is 76.1 cm³/mol. The Morgan fingerprint density at radius 1 is 1.55 bits per heavy atom. The van der Waals surface area contributed by atoms with Crippen LogP contribution in [0.5, 0.6) is 0 Å². The summed E-state index contributed by atoms with van der Waals surface area (Å²) in [7, 11) is 1.63. The summed E-state index contributed by atoms with van der Waals surface area (Å²) < 4.78 is 7.28. The van der Waals surface area contributed by atoms with Crippen molar-refractivity contribution in [3.8, 4) is 0 Å². The first-order valence-corrected chi connectivity index (χ1v) is 6.84. The van der Waals surface area contributed by atoms with Crippen molar-refractivity contribution >= 4 is 5.91 Å². The highest BCUT2D eigenvalue weighted by atomic mass is 16.5. The van der Waals surface area contributed by atoms with E-state index in [4.69, 9.17) is 10.5 Å². The van der Waals surface area contributed by atoms with Crippen LogP contribution in [0.3, 0.4) is 0 Å². The summed E-state index contributed by atoms with van der Waals surface area (Å²) in [5.74, 6) is 0.00932. The average Bonchev–Trinajstić information content (AvgIpc) is 2.82. The molecule has 1 aromatic rings. The second-order valence-electron chi connectivity index (χ2n) is 5.59. The Morgan fingerprint density at radius 2 is 2.30 bits per heavy atom. The zero-order chi connectivity index (χ0) is 15.0. The molecule has 0 aliphatic heterocycles. The third-order valence-electron chi connectivity index (χ3n) is 2.82. The number of aryl methyl sites for hydroxylation is 1. The third kappa shape index (κ3) is 6.12. The van der Waals surface area contributed by atoms with Gasteiger partial charge in [-0.15, -0.1) is 5.10 Å². The molecule has 0 aliphatic rings. The minimum absolute atomic E-state index is 0.00932. The van der Waals surface area contributed by atoms with Crippen LogP contribution in [0.1, 0.15) is 26.0 Å². The van der Waals surface area contributed by atoms with Crippen LogP contribution in [0.2, 0.25) is 0 Å². The molecule has 1 heterocycles. The smallest absolute Gasteiger partial charge is 0.220 e. The van der Waals surface area contributed by atoms with Gasteiger partial charge < -0.3 is 15.8 Å². The number of hydrogen-bond acceptors (Lipinski definition) is 5. The Labute approximate surface area is 119 Å². The molecule has 1 rings (SSSR count). The van der Waals surface area contributed by atoms with Crippen molar-refractivity contribution in [2.75, 3.05) is 26.8 Å². The van der Waals surface area contributed by atoms with Crippen molar-refractivity contribution in [2.45, 2.75) is 33.2 Å². The molecule has 3 N–H and O–H groups in total. The highest BCUT2D eigenvalue weighted by Gasteiger charge is 2.20. The lowest BCUT2D eigenvalue weighted by molar-refractivity contribution is -0.120. The zero-order valence-electron chi connectivity index (χ0n) is 12.6. The molecule has 20 heavy (non-hydrogen) atoms. The Morgan fingerprint density at radius 3 is 2.95 bits per heavy atom. The van der Waals surface area contributed by atoms with Gasteiger partial charge in [0.05, 0.1) is 18.9 Å². The lowest BCUT2D eigenvalue weighted by Crippen LogP contribution is -2.27. The molecule has 0 unspecified atom stereocenters. The summed E-state index contributed by atoms with van der Waals surface area (Å²) in [4.78, 5) is 11.2. The summed E-state index contributed by atoms with van der Waals surface area (Å²) in [5, 5.41) is 10.8. The minimum atomic E-state index is -0.0407. The van der Waals surface area contributed by atoms with Crippen LogP contribution in [0.25, 0.3) is 0 Å². The van der Waals surface area contributed by atoms with E-state index < -0.39 is 0 Å². The first-order chi connectivity index (χ1) is 9.46. The maximum atomic E-state index is 11.2. The van der Waals surface area contributed by atoms with Crippen molar-refractivity contribution in [1.29, 1.82) is 0 Å². The molecular formula is C13H25N5O2. The standard InChI is InChI=1S/C13H25N5O2/c1-13(2,10-20-7-6-14)9-18-8-11(16-17-18)4-5-12(19)15-3/h8H,4-7,9-10,14H2,1-3H3,(H,15,19). The van der Waals surface area contributed by atoms with E-state index in [9.17, 15) is 4.79 Å². The SMILES string of the molecule is CNC(=O)CCc1cn(CC(C)(C)COCCN)nn1. The molecule has 0 radical (unpaired) electrons. The zero-order valence-corrected chi connectivity index (χ0v) is 12.6. The summed E-state index contributed by atoms with van der Waals surface area (Å²) in [5.41, 5.74) is 6.18. The number of nitrogens with zero attached hydrogens (tertiary/aromatic N) is 3. The van der Waals surface area contributed by atoms with Crippen molar-refractivity contribution in [1.82, 2.24) is 20.3 Å². The fourth-order valence-electron chi connectivity index (χ4n) is 1.81. The molecule has 1 amide bonds. The lowest BCUT2D eigenvalue weighted by Gasteiger charge is -2.23. The van der Waals surface area contributed by atoms with Crippen molar-refractivity contribution < 1.29 is 9.53 Å². The molecule has 0 atom stereocenters. The Balaban J connectivity index is 2.44. The number of ether oxygens (including phenoxy) is 1. The monoisotopic (exact) mass is 283 g/mol. The predicted octanol–water partition coefficient (Wildman–Crippen LogP) is -0.0418. The molecule has 0 fully saturated rings. The molecule has 7 heteroatoms. The van der Waals surface area contributed by atoms with Gasteiger partial charge in [0.25, 0.3) is 0 Å². The highest BCUT2D eigenvalue weighted by Crippen LogP contribution is 2.18. The maximum Gasteiger partial charge on any atom is 0.220 e. The van der Waals surface area contributed by atoms with Crippen LogP contribution in [0.15, 0.2) is 6.20 Å². The van der Waals surface area contributed by atoms with Gasteiger partial charge in [-0.25, -0.2) is 0 Å². The minimum Gasteiger partial charge on any atom is -0.380 e. The van der Waals surface area contributed by atoms with Gasteiger partial charge >= 0.3 is 0 Å². The fraction of sp³-hybridized carbons (Fsp3) is 0.769. The highest BCUT2D eigenvalue weighted by molar-refractivity contribution is 5.75. The second-order valence-corrected chi connectivity index (χ2v) is 5.59. The van der Waals surface area contributed by atoms with Gasteiger partial charge in [0.2, 0.25) is 5.91 Å². The number of nitrogens with two attached hydrogens (primary N) is 1. The molecule has 0 aromatic carbocycles. The summed E-state index contributed by atoms with van der Waals surface area (Å²) in [6.45, 7) is 6.65. The number of carbonyl (C=O) groups excluding carboxylic acids is 1. The molecule has 0 spiro atoms. The van der Waals surface area contributed by atoms with Gasteiger partial charge in [-0.3, -0.25) is 9.48 Å². The molecule has 0 aliphatic carbocycles. The largest absolute Gasteiger partial charge is 0.380 e. The molecule has 1 aromatic heterocycles. The van der Waals surface area contributed by atoms with Crippen LogP contribution in [0, 0.1) is 5.41 Å². The van der Waals surface area contributed by atoms with Gasteiger partial charge in [0.1, 0.15) is 0 Å². The van der Waals surface area contributed by atoms with Gasteiger partial charge in [-0.2, -0.15) is 0 Å². The maximum absolute atomic E-state index is 11.2. The summed E-state index contributed by atoms with van der Waals surface area (Å²) in [6.07, 6.45) is 2.91. The first kappa shape index (κ1) is 16.6. The van der Waals surface area contributed by atoms with E-state index >= 15 is 0 Å². The number of aromatic nitrogens is 3. The van der Waals surface area contributed by atoms with E-state index in [1.54, 1.807) is 11.7 Å². The Bertz CT molecular complexity index is 417. The number of rotatable bonds is 9. The van der Waals surface area contributed by atoms with E-state index in [-0.39, 0.29) is 11.3 Å². The first-order valence-electron chi connectivity index (χ1n) is 6.84. The quantitative estimate of drug-likeness (QED) is 0.620. The van der Waals surface area contributed by atoms with Gasteiger partial charge in [0.15, 0.2) is 0 Å². The molecule has 0 bridgehead atoms. The van der Waals surface area contributed by atoms with Gasteiger partial charge in [-0.1, -0.05) is 19.1 Å². The van der Waals surface area contributed by atoms with E-state index in [0.717, 1.165) is 5.69 Å². The Hall–Kier alpha value is -1.47. The summed E-state index contributed by atoms with van der Waals surface area (Å²) >= 11 is 0. The normalized spacial score (nSPS) is 11.6. The second kappa shape index (κ2) is 7.96. The fourth-order valence-corrected chi connectivity index (χ4v) is 1.81. The van der Waals surface area contributed by atoms with Crippen molar-refractivity contribution in [3.63, 3.8) is 0 Å². The average molecular weight is 283 g/mol. The number of carbonyl (C=O) groups is 1. The van der Waals surface area contributed by atoms with Crippen molar-refractivity contribution in [3.05, 3.63) is 11.9 Å². The van der Waals surface area contributed by atoms with Crippen LogP contribution in [-0.2, 0) is 22.5 Å². The van der Waals surface area contributed by atoms with Gasteiger partial charge in [-0.05, 0) is 0 Å². The van der Waals surface area contributed by atoms with E-state index in [2.05, 4.69) is 29.5 Å². The molecule has 7 nitrogen and oxygen atoms in total. The van der Waals surface area contributed by atoms with Crippen molar-refractivity contribution in [2.24, 2.45) is 11.1 Å². The van der Waals surface area contributed by atoms with E-state index in [0.29, 0.717) is 39.1 Å².